The molecule has 1 aromatic carbocycles. The molecular formula is C18H18N4O. The van der Waals surface area contributed by atoms with Crippen molar-refractivity contribution in [2.75, 3.05) is 4.90 Å². The van der Waals surface area contributed by atoms with E-state index < -0.39 is 0 Å². The first-order valence-corrected chi connectivity index (χ1v) is 7.80. The van der Waals surface area contributed by atoms with Gasteiger partial charge in [0.25, 0.3) is 5.91 Å². The molecule has 0 bridgehead atoms. The molecule has 0 spiro atoms. The van der Waals surface area contributed by atoms with Crippen molar-refractivity contribution in [1.29, 1.82) is 0 Å². The Kier molecular flexibility index (Phi) is 2.98. The lowest BCUT2D eigenvalue weighted by Gasteiger charge is -2.22. The molecule has 0 saturated heterocycles. The summed E-state index contributed by atoms with van der Waals surface area (Å²) in [6, 6.07) is 11.9. The number of benzene rings is 1. The standard InChI is InChI=1S/C18H18N4O/c1-11-8-17-19-15(10-13(3)22(17)20-11)18(23)21-12(2)9-14-6-4-5-7-16(14)21/h4-8,10,12H,9H2,1-3H3. The molecule has 1 aliphatic heterocycles. The highest BCUT2D eigenvalue weighted by Gasteiger charge is 2.32. The minimum atomic E-state index is -0.0492. The van der Waals surface area contributed by atoms with E-state index in [2.05, 4.69) is 23.1 Å². The highest BCUT2D eigenvalue weighted by molar-refractivity contribution is 6.06. The lowest BCUT2D eigenvalue weighted by molar-refractivity contribution is 0.0976. The van der Waals surface area contributed by atoms with Gasteiger partial charge in [0, 0.05) is 23.5 Å². The Hall–Kier alpha value is -2.69. The van der Waals surface area contributed by atoms with Crippen molar-refractivity contribution >= 4 is 17.2 Å². The molecule has 3 aromatic rings. The number of anilines is 1. The Morgan fingerprint density at radius 3 is 2.83 bits per heavy atom. The molecule has 3 heterocycles. The summed E-state index contributed by atoms with van der Waals surface area (Å²) < 4.78 is 1.77. The topological polar surface area (TPSA) is 50.5 Å². The zero-order chi connectivity index (χ0) is 16.1. The number of carbonyl (C=O) groups excluding carboxylic acids is 1. The van der Waals surface area contributed by atoms with Crippen molar-refractivity contribution in [2.24, 2.45) is 0 Å². The van der Waals surface area contributed by atoms with E-state index in [4.69, 9.17) is 0 Å². The third kappa shape index (κ3) is 2.11. The van der Waals surface area contributed by atoms with E-state index in [0.717, 1.165) is 23.5 Å². The molecule has 0 N–H and O–H groups in total. The number of hydrogen-bond acceptors (Lipinski definition) is 3. The van der Waals surface area contributed by atoms with Gasteiger partial charge in [-0.25, -0.2) is 9.50 Å². The van der Waals surface area contributed by atoms with Gasteiger partial charge < -0.3 is 4.90 Å². The average molecular weight is 306 g/mol. The van der Waals surface area contributed by atoms with Crippen LogP contribution in [-0.2, 0) is 6.42 Å². The Morgan fingerprint density at radius 1 is 1.22 bits per heavy atom. The average Bonchev–Trinajstić information content (AvgIpc) is 3.05. The summed E-state index contributed by atoms with van der Waals surface area (Å²) in [5.74, 6) is -0.0492. The first-order valence-electron chi connectivity index (χ1n) is 7.80. The van der Waals surface area contributed by atoms with E-state index in [1.54, 1.807) is 4.52 Å². The monoisotopic (exact) mass is 306 g/mol. The van der Waals surface area contributed by atoms with Gasteiger partial charge in [0.15, 0.2) is 5.65 Å². The van der Waals surface area contributed by atoms with E-state index in [1.165, 1.54) is 5.56 Å². The molecule has 1 amide bonds. The maximum Gasteiger partial charge on any atom is 0.277 e. The third-order valence-electron chi connectivity index (χ3n) is 4.37. The maximum atomic E-state index is 13.1. The molecule has 5 nitrogen and oxygen atoms in total. The quantitative estimate of drug-likeness (QED) is 0.694. The van der Waals surface area contributed by atoms with Gasteiger partial charge in [-0.2, -0.15) is 5.10 Å². The predicted octanol–water partition coefficient (Wildman–Crippen LogP) is 2.94. The Bertz CT molecular complexity index is 928. The van der Waals surface area contributed by atoms with Crippen LogP contribution in [0.25, 0.3) is 5.65 Å². The second kappa shape index (κ2) is 4.91. The van der Waals surface area contributed by atoms with Gasteiger partial charge >= 0.3 is 0 Å². The number of fused-ring (bicyclic) bond motifs is 2. The van der Waals surface area contributed by atoms with E-state index >= 15 is 0 Å². The summed E-state index contributed by atoms with van der Waals surface area (Å²) in [5.41, 5.74) is 5.20. The number of aromatic nitrogens is 3. The van der Waals surface area contributed by atoms with Crippen LogP contribution in [0.15, 0.2) is 36.4 Å². The van der Waals surface area contributed by atoms with Gasteiger partial charge in [0.2, 0.25) is 0 Å². The van der Waals surface area contributed by atoms with Crippen LogP contribution >= 0.6 is 0 Å². The lowest BCUT2D eigenvalue weighted by atomic mass is 10.1. The first-order chi connectivity index (χ1) is 11.0. The molecule has 5 heteroatoms. The van der Waals surface area contributed by atoms with Gasteiger partial charge in [-0.1, -0.05) is 18.2 Å². The molecule has 1 atom stereocenters. The fourth-order valence-electron chi connectivity index (χ4n) is 3.35. The van der Waals surface area contributed by atoms with Crippen LogP contribution in [0.4, 0.5) is 5.69 Å². The molecule has 0 radical (unpaired) electrons. The smallest absolute Gasteiger partial charge is 0.277 e. The molecule has 0 aliphatic carbocycles. The fourth-order valence-corrected chi connectivity index (χ4v) is 3.35. The summed E-state index contributed by atoms with van der Waals surface area (Å²) in [7, 11) is 0. The van der Waals surface area contributed by atoms with Gasteiger partial charge in [0.1, 0.15) is 5.69 Å². The number of rotatable bonds is 1. The Morgan fingerprint density at radius 2 is 2.00 bits per heavy atom. The number of aryl methyl sites for hydroxylation is 2. The van der Waals surface area contributed by atoms with E-state index in [9.17, 15) is 4.79 Å². The van der Waals surface area contributed by atoms with Crippen LogP contribution in [0.3, 0.4) is 0 Å². The fraction of sp³-hybridized carbons (Fsp3) is 0.278. The van der Waals surface area contributed by atoms with Crippen molar-refractivity contribution in [1.82, 2.24) is 14.6 Å². The van der Waals surface area contributed by atoms with Crippen LogP contribution in [0.5, 0.6) is 0 Å². The van der Waals surface area contributed by atoms with Crippen molar-refractivity contribution in [3.63, 3.8) is 0 Å². The number of nitrogens with zero attached hydrogens (tertiary/aromatic N) is 4. The summed E-state index contributed by atoms with van der Waals surface area (Å²) in [6.07, 6.45) is 0.884. The number of carbonyl (C=O) groups is 1. The van der Waals surface area contributed by atoms with Crippen LogP contribution < -0.4 is 4.90 Å². The Balaban J connectivity index is 1.80. The summed E-state index contributed by atoms with van der Waals surface area (Å²) in [5, 5.41) is 4.39. The third-order valence-corrected chi connectivity index (χ3v) is 4.37. The molecule has 1 unspecified atom stereocenters. The van der Waals surface area contributed by atoms with E-state index in [1.807, 2.05) is 49.1 Å². The molecule has 2 aromatic heterocycles. The lowest BCUT2D eigenvalue weighted by Crippen LogP contribution is -2.36. The number of amides is 1. The van der Waals surface area contributed by atoms with Crippen LogP contribution in [0.2, 0.25) is 0 Å². The summed E-state index contributed by atoms with van der Waals surface area (Å²) >= 11 is 0. The molecular weight excluding hydrogens is 288 g/mol. The minimum absolute atomic E-state index is 0.0492. The van der Waals surface area contributed by atoms with Gasteiger partial charge in [0.05, 0.1) is 5.69 Å². The normalized spacial score (nSPS) is 16.8. The van der Waals surface area contributed by atoms with Crippen LogP contribution in [0.1, 0.15) is 34.4 Å². The molecule has 4 rings (SSSR count). The van der Waals surface area contributed by atoms with Crippen LogP contribution in [0, 0.1) is 13.8 Å². The van der Waals surface area contributed by atoms with Gasteiger partial charge in [-0.15, -0.1) is 0 Å². The number of para-hydroxylation sites is 1. The second-order valence-corrected chi connectivity index (χ2v) is 6.20. The maximum absolute atomic E-state index is 13.1. The van der Waals surface area contributed by atoms with Crippen molar-refractivity contribution in [2.45, 2.75) is 33.2 Å². The van der Waals surface area contributed by atoms with Gasteiger partial charge in [-0.05, 0) is 44.9 Å². The zero-order valence-corrected chi connectivity index (χ0v) is 13.4. The predicted molar refractivity (Wildman–Crippen MR) is 88.9 cm³/mol. The molecule has 0 fully saturated rings. The highest BCUT2D eigenvalue weighted by atomic mass is 16.2. The highest BCUT2D eigenvalue weighted by Crippen LogP contribution is 2.32. The second-order valence-electron chi connectivity index (χ2n) is 6.20. The van der Waals surface area contributed by atoms with Gasteiger partial charge in [-0.3, -0.25) is 4.79 Å². The van der Waals surface area contributed by atoms with E-state index in [0.29, 0.717) is 11.3 Å². The number of hydrogen-bond donors (Lipinski definition) is 0. The van der Waals surface area contributed by atoms with Crippen molar-refractivity contribution < 1.29 is 4.79 Å². The largest absolute Gasteiger partial charge is 0.304 e. The summed E-state index contributed by atoms with van der Waals surface area (Å²) in [4.78, 5) is 19.4. The Labute approximate surface area is 134 Å². The van der Waals surface area contributed by atoms with Crippen LogP contribution in [-0.4, -0.2) is 26.5 Å². The molecule has 0 saturated carbocycles. The molecule has 1 aliphatic rings. The van der Waals surface area contributed by atoms with Crippen molar-refractivity contribution in [3.05, 3.63) is 59.0 Å². The molecule has 116 valence electrons. The zero-order valence-electron chi connectivity index (χ0n) is 13.4. The van der Waals surface area contributed by atoms with E-state index in [-0.39, 0.29) is 11.9 Å². The summed E-state index contributed by atoms with van der Waals surface area (Å²) in [6.45, 7) is 5.94. The SMILES string of the molecule is Cc1cc2nc(C(=O)N3c4ccccc4CC3C)cc(C)n2n1. The molecule has 23 heavy (non-hydrogen) atoms. The first kappa shape index (κ1) is 13.9. The minimum Gasteiger partial charge on any atom is -0.304 e. The van der Waals surface area contributed by atoms with Crippen molar-refractivity contribution in [3.8, 4) is 0 Å².